The standard InChI is InChI=1S/C31H36O6S2/c32-38(33,34)29-19-18-28(25-16-9-17-26(25)29)37-39(35,36)31-27(21-10-3-1-4-11-21)20-23-14-7-8-15-24(23)30(31)22-12-5-2-6-13-22/h7-8,14-15,18-22H,1-6,9-13,16-17H2,(H,32,33,34)/p-1. The van der Waals surface area contributed by atoms with Gasteiger partial charge in [-0.15, -0.1) is 0 Å². The number of hydrogen-bond acceptors (Lipinski definition) is 6. The van der Waals surface area contributed by atoms with Crippen LogP contribution in [0.25, 0.3) is 10.8 Å². The van der Waals surface area contributed by atoms with E-state index < -0.39 is 20.2 Å². The Kier molecular flexibility index (Phi) is 7.23. The van der Waals surface area contributed by atoms with Gasteiger partial charge < -0.3 is 8.74 Å². The average Bonchev–Trinajstić information content (AvgIpc) is 3.43. The molecule has 0 aliphatic heterocycles. The maximum Gasteiger partial charge on any atom is 0.339 e. The van der Waals surface area contributed by atoms with Crippen LogP contribution < -0.4 is 4.18 Å². The Hall–Kier alpha value is -2.42. The molecule has 0 N–H and O–H groups in total. The predicted octanol–water partition coefficient (Wildman–Crippen LogP) is 7.10. The van der Waals surface area contributed by atoms with Crippen LogP contribution in [0.1, 0.15) is 105 Å². The third-order valence-electron chi connectivity index (χ3n) is 9.04. The molecule has 2 saturated carbocycles. The molecule has 6 nitrogen and oxygen atoms in total. The van der Waals surface area contributed by atoms with Gasteiger partial charge in [-0.3, -0.25) is 0 Å². The van der Waals surface area contributed by atoms with Crippen LogP contribution in [0.4, 0.5) is 0 Å². The van der Waals surface area contributed by atoms with Gasteiger partial charge >= 0.3 is 10.1 Å². The van der Waals surface area contributed by atoms with Crippen molar-refractivity contribution in [2.75, 3.05) is 0 Å². The van der Waals surface area contributed by atoms with Crippen molar-refractivity contribution in [2.24, 2.45) is 0 Å². The van der Waals surface area contributed by atoms with E-state index in [0.717, 1.165) is 79.7 Å². The summed E-state index contributed by atoms with van der Waals surface area (Å²) >= 11 is 0. The topological polar surface area (TPSA) is 101 Å². The van der Waals surface area contributed by atoms with Crippen LogP contribution in [0, 0.1) is 0 Å². The van der Waals surface area contributed by atoms with E-state index in [9.17, 15) is 21.4 Å². The molecule has 6 rings (SSSR count). The summed E-state index contributed by atoms with van der Waals surface area (Å²) in [4.78, 5) is 0.0588. The normalized spacial score (nSPS) is 19.3. The molecular weight excluding hydrogens is 532 g/mol. The summed E-state index contributed by atoms with van der Waals surface area (Å²) in [5.41, 5.74) is 2.68. The Bertz CT molecular complexity index is 1610. The van der Waals surface area contributed by atoms with Gasteiger partial charge in [0, 0.05) is 5.56 Å². The van der Waals surface area contributed by atoms with Crippen LogP contribution >= 0.6 is 0 Å². The first-order valence-electron chi connectivity index (χ1n) is 14.3. The molecule has 208 valence electrons. The highest BCUT2D eigenvalue weighted by molar-refractivity contribution is 7.87. The first-order valence-corrected chi connectivity index (χ1v) is 17.2. The van der Waals surface area contributed by atoms with Crippen LogP contribution in [0.2, 0.25) is 0 Å². The Morgan fingerprint density at radius 1 is 0.718 bits per heavy atom. The fourth-order valence-corrected chi connectivity index (χ4v) is 9.58. The van der Waals surface area contributed by atoms with Gasteiger partial charge in [0.1, 0.15) is 20.8 Å². The van der Waals surface area contributed by atoms with Crippen LogP contribution in [-0.4, -0.2) is 21.4 Å². The molecule has 0 aromatic heterocycles. The maximum atomic E-state index is 14.5. The minimum absolute atomic E-state index is 0.138. The van der Waals surface area contributed by atoms with Crippen molar-refractivity contribution in [3.8, 4) is 5.75 Å². The van der Waals surface area contributed by atoms with Gasteiger partial charge in [0.15, 0.2) is 0 Å². The predicted molar refractivity (Wildman–Crippen MR) is 150 cm³/mol. The highest BCUT2D eigenvalue weighted by atomic mass is 32.2. The van der Waals surface area contributed by atoms with E-state index in [-0.39, 0.29) is 22.5 Å². The molecule has 0 atom stereocenters. The van der Waals surface area contributed by atoms with Crippen molar-refractivity contribution in [2.45, 2.75) is 105 Å². The molecule has 0 heterocycles. The maximum absolute atomic E-state index is 14.5. The lowest BCUT2D eigenvalue weighted by Gasteiger charge is -2.30. The van der Waals surface area contributed by atoms with E-state index >= 15 is 0 Å². The van der Waals surface area contributed by atoms with E-state index in [1.165, 1.54) is 18.6 Å². The molecule has 39 heavy (non-hydrogen) atoms. The summed E-state index contributed by atoms with van der Waals surface area (Å²) in [5.74, 6) is 0.435. The SMILES string of the molecule is O=S(=O)([O-])c1ccc(OS(=O)(=O)c2c(C3CCCCC3)cc3ccccc3c2C2CCCCC2)c2c1CCC2. The van der Waals surface area contributed by atoms with E-state index in [1.807, 2.05) is 18.2 Å². The minimum atomic E-state index is -4.66. The zero-order valence-corrected chi connectivity index (χ0v) is 23.8. The summed E-state index contributed by atoms with van der Waals surface area (Å²) < 4.78 is 70.5. The molecule has 3 aliphatic rings. The number of hydrogen-bond donors (Lipinski definition) is 0. The molecule has 3 aromatic rings. The molecule has 3 aliphatic carbocycles. The van der Waals surface area contributed by atoms with Gasteiger partial charge in [-0.05, 0) is 102 Å². The summed E-state index contributed by atoms with van der Waals surface area (Å²) in [6, 6.07) is 12.7. The minimum Gasteiger partial charge on any atom is -0.744 e. The van der Waals surface area contributed by atoms with Crippen molar-refractivity contribution in [1.29, 1.82) is 0 Å². The van der Waals surface area contributed by atoms with Gasteiger partial charge in [0.2, 0.25) is 0 Å². The molecule has 0 spiro atoms. The highest BCUT2D eigenvalue weighted by Crippen LogP contribution is 2.47. The Balaban J connectivity index is 1.55. The number of rotatable bonds is 6. The van der Waals surface area contributed by atoms with Crippen molar-refractivity contribution in [3.63, 3.8) is 0 Å². The van der Waals surface area contributed by atoms with Crippen molar-refractivity contribution >= 4 is 31.0 Å². The lowest BCUT2D eigenvalue weighted by Crippen LogP contribution is -2.21. The Morgan fingerprint density at radius 2 is 1.36 bits per heavy atom. The zero-order valence-electron chi connectivity index (χ0n) is 22.2. The lowest BCUT2D eigenvalue weighted by molar-refractivity contribution is 0.421. The summed E-state index contributed by atoms with van der Waals surface area (Å²) in [6.45, 7) is 0. The van der Waals surface area contributed by atoms with Crippen LogP contribution in [0.15, 0.2) is 52.3 Å². The number of fused-ring (bicyclic) bond motifs is 2. The second-order valence-corrected chi connectivity index (χ2v) is 14.3. The first-order chi connectivity index (χ1) is 18.7. The van der Waals surface area contributed by atoms with Crippen molar-refractivity contribution < 1.29 is 25.6 Å². The summed E-state index contributed by atoms with van der Waals surface area (Å²) in [5, 5.41) is 2.05. The van der Waals surface area contributed by atoms with Crippen LogP contribution in [-0.2, 0) is 33.1 Å². The van der Waals surface area contributed by atoms with E-state index in [4.69, 9.17) is 4.18 Å². The third-order valence-corrected chi connectivity index (χ3v) is 11.3. The van der Waals surface area contributed by atoms with E-state index in [0.29, 0.717) is 35.3 Å². The van der Waals surface area contributed by atoms with Gasteiger partial charge in [-0.25, -0.2) is 8.42 Å². The van der Waals surface area contributed by atoms with E-state index in [1.54, 1.807) is 0 Å². The molecule has 8 heteroatoms. The molecule has 2 fully saturated rings. The highest BCUT2D eigenvalue weighted by Gasteiger charge is 2.35. The molecule has 0 amide bonds. The van der Waals surface area contributed by atoms with Gasteiger partial charge in [0.05, 0.1) is 4.90 Å². The smallest absolute Gasteiger partial charge is 0.339 e. The molecular formula is C31H35O6S2-. The van der Waals surface area contributed by atoms with Crippen molar-refractivity contribution in [3.05, 3.63) is 64.7 Å². The van der Waals surface area contributed by atoms with Crippen LogP contribution in [0.5, 0.6) is 5.75 Å². The zero-order chi connectivity index (χ0) is 27.2. The second kappa shape index (κ2) is 10.5. The van der Waals surface area contributed by atoms with Gasteiger partial charge in [-0.1, -0.05) is 62.8 Å². The van der Waals surface area contributed by atoms with E-state index in [2.05, 4.69) is 12.1 Å². The number of benzene rings is 3. The first kappa shape index (κ1) is 26.8. The molecule has 0 unspecified atom stereocenters. The van der Waals surface area contributed by atoms with Crippen molar-refractivity contribution in [1.82, 2.24) is 0 Å². The second-order valence-electron chi connectivity index (χ2n) is 11.5. The lowest BCUT2D eigenvalue weighted by atomic mass is 9.78. The Labute approximate surface area is 231 Å². The van der Waals surface area contributed by atoms with Gasteiger partial charge in [0.25, 0.3) is 0 Å². The van der Waals surface area contributed by atoms with Crippen LogP contribution in [0.3, 0.4) is 0 Å². The summed E-state index contributed by atoms with van der Waals surface area (Å²) in [6.07, 6.45) is 12.0. The average molecular weight is 568 g/mol. The Morgan fingerprint density at radius 3 is 2.05 bits per heavy atom. The fourth-order valence-electron chi connectivity index (χ4n) is 7.28. The monoisotopic (exact) mass is 567 g/mol. The molecule has 0 saturated heterocycles. The fraction of sp³-hybridized carbons (Fsp3) is 0.484. The third kappa shape index (κ3) is 5.11. The molecule has 0 bridgehead atoms. The largest absolute Gasteiger partial charge is 0.744 e. The van der Waals surface area contributed by atoms with Gasteiger partial charge in [-0.2, -0.15) is 8.42 Å². The molecule has 0 radical (unpaired) electrons. The summed E-state index contributed by atoms with van der Waals surface area (Å²) in [7, 11) is -8.92. The molecule has 3 aromatic carbocycles. The quantitative estimate of drug-likeness (QED) is 0.233.